The lowest BCUT2D eigenvalue weighted by atomic mass is 9.75. The largest absolute Gasteiger partial charge is 0.493 e. The number of halogens is 3. The number of benzene rings is 4. The Hall–Kier alpha value is -6.38. The molecule has 2 aliphatic heterocycles. The molecule has 0 N–H and O–H groups in total. The first-order chi connectivity index (χ1) is 29.4. The van der Waals surface area contributed by atoms with Crippen LogP contribution in [0.15, 0.2) is 78.9 Å². The van der Waals surface area contributed by atoms with Crippen LogP contribution >= 0.6 is 11.6 Å². The van der Waals surface area contributed by atoms with Crippen molar-refractivity contribution in [2.45, 2.75) is 38.5 Å². The van der Waals surface area contributed by atoms with Gasteiger partial charge in [-0.15, -0.1) is 0 Å². The first-order valence-electron chi connectivity index (χ1n) is 19.6. The number of piperidine rings is 2. The zero-order chi connectivity index (χ0) is 44.0. The standard InChI is InChI=1S/C24H27FN2O5.C22H20ClFN2O3/c1-29-20-12-19(13-21(30-2)23(20)31-3)32-15-22(28)27-10-8-24(16-26,9-11-27)14-17-4-6-18(25)7-5-17;23-18-3-6-20(17(11-18)13-27)29-14-21(28)26-9-7-22(15-25,8-10-26)12-16-1-4-19(24)5-2-16/h4-7,12-13H,8-11,14-15H2,1-3H3;1-6,11,13H,7-10,12,14H2. The highest BCUT2D eigenvalue weighted by Gasteiger charge is 2.37. The third-order valence-electron chi connectivity index (χ3n) is 11.0. The van der Waals surface area contributed by atoms with Gasteiger partial charge >= 0.3 is 0 Å². The molecule has 2 fully saturated rings. The Labute approximate surface area is 359 Å². The van der Waals surface area contributed by atoms with E-state index in [0.717, 1.165) is 11.1 Å². The number of hydrogen-bond acceptors (Lipinski definition) is 10. The van der Waals surface area contributed by atoms with Crippen molar-refractivity contribution in [1.29, 1.82) is 10.5 Å². The van der Waals surface area contributed by atoms with Crippen LogP contribution in [0.4, 0.5) is 8.78 Å². The molecule has 0 unspecified atom stereocenters. The van der Waals surface area contributed by atoms with Gasteiger partial charge in [-0.2, -0.15) is 10.5 Å². The van der Waals surface area contributed by atoms with Crippen molar-refractivity contribution in [3.63, 3.8) is 0 Å². The molecule has 6 rings (SSSR count). The lowest BCUT2D eigenvalue weighted by molar-refractivity contribution is -0.136. The van der Waals surface area contributed by atoms with Crippen molar-refractivity contribution in [2.75, 3.05) is 60.7 Å². The van der Waals surface area contributed by atoms with E-state index >= 15 is 0 Å². The first-order valence-corrected chi connectivity index (χ1v) is 19.9. The van der Waals surface area contributed by atoms with Gasteiger partial charge in [-0.3, -0.25) is 14.4 Å². The monoisotopic (exact) mass is 856 g/mol. The van der Waals surface area contributed by atoms with Crippen molar-refractivity contribution in [1.82, 2.24) is 9.80 Å². The maximum Gasteiger partial charge on any atom is 0.260 e. The van der Waals surface area contributed by atoms with Crippen LogP contribution in [0, 0.1) is 45.1 Å². The quantitative estimate of drug-likeness (QED) is 0.116. The lowest BCUT2D eigenvalue weighted by Gasteiger charge is -2.37. The Morgan fingerprint density at radius 3 is 1.51 bits per heavy atom. The van der Waals surface area contributed by atoms with E-state index in [1.54, 1.807) is 58.3 Å². The number of amides is 2. The topological polar surface area (TPSA) is 151 Å². The van der Waals surface area contributed by atoms with Crippen LogP contribution in [0.2, 0.25) is 5.02 Å². The fourth-order valence-electron chi connectivity index (χ4n) is 7.36. The Kier molecular flexibility index (Phi) is 15.9. The molecular weight excluding hydrogens is 810 g/mol. The second-order valence-corrected chi connectivity index (χ2v) is 15.3. The number of likely N-dealkylation sites (tertiary alicyclic amines) is 2. The number of hydrogen-bond donors (Lipinski definition) is 0. The number of rotatable bonds is 14. The van der Waals surface area contributed by atoms with Gasteiger partial charge < -0.3 is 33.5 Å². The van der Waals surface area contributed by atoms with Crippen molar-refractivity contribution in [3.05, 3.63) is 112 Å². The molecule has 61 heavy (non-hydrogen) atoms. The number of carbonyl (C=O) groups excluding carboxylic acids is 3. The van der Waals surface area contributed by atoms with Gasteiger partial charge in [-0.25, -0.2) is 8.78 Å². The molecule has 0 saturated carbocycles. The van der Waals surface area contributed by atoms with Crippen molar-refractivity contribution in [3.8, 4) is 40.9 Å². The van der Waals surface area contributed by atoms with E-state index in [1.807, 2.05) is 0 Å². The summed E-state index contributed by atoms with van der Waals surface area (Å²) in [6.45, 7) is 1.48. The average Bonchev–Trinajstić information content (AvgIpc) is 3.29. The number of nitrogens with zero attached hydrogens (tertiary/aromatic N) is 4. The maximum absolute atomic E-state index is 13.2. The second-order valence-electron chi connectivity index (χ2n) is 14.9. The van der Waals surface area contributed by atoms with Gasteiger partial charge in [0.2, 0.25) is 5.75 Å². The van der Waals surface area contributed by atoms with Crippen molar-refractivity contribution >= 4 is 29.7 Å². The molecule has 15 heteroatoms. The third kappa shape index (κ3) is 12.1. The summed E-state index contributed by atoms with van der Waals surface area (Å²) in [5.41, 5.74) is 0.966. The smallest absolute Gasteiger partial charge is 0.260 e. The van der Waals surface area contributed by atoms with Crippen LogP contribution in [-0.4, -0.2) is 88.6 Å². The maximum atomic E-state index is 13.2. The minimum absolute atomic E-state index is 0.143. The predicted molar refractivity (Wildman–Crippen MR) is 222 cm³/mol. The molecule has 320 valence electrons. The molecule has 0 bridgehead atoms. The van der Waals surface area contributed by atoms with Crippen molar-refractivity contribution in [2.24, 2.45) is 10.8 Å². The van der Waals surface area contributed by atoms with Crippen LogP contribution in [-0.2, 0) is 22.4 Å². The van der Waals surface area contributed by atoms with Crippen LogP contribution in [0.25, 0.3) is 0 Å². The molecule has 0 aromatic heterocycles. The first kappa shape index (κ1) is 45.7. The molecular formula is C46H47ClF2N4O8. The number of carbonyl (C=O) groups is 3. The summed E-state index contributed by atoms with van der Waals surface area (Å²) < 4.78 is 53.3. The van der Waals surface area contributed by atoms with E-state index in [0.29, 0.717) is 105 Å². The minimum atomic E-state index is -0.573. The Bertz CT molecular complexity index is 2200. The highest BCUT2D eigenvalue weighted by atomic mass is 35.5. The summed E-state index contributed by atoms with van der Waals surface area (Å²) in [7, 11) is 4.53. The number of ether oxygens (including phenoxy) is 5. The third-order valence-corrected chi connectivity index (χ3v) is 11.2. The molecule has 2 aliphatic rings. The van der Waals surface area contributed by atoms with E-state index in [4.69, 9.17) is 35.3 Å². The van der Waals surface area contributed by atoms with E-state index in [9.17, 15) is 33.7 Å². The SMILES string of the molecule is COc1cc(OCC(=O)N2CCC(C#N)(Cc3ccc(F)cc3)CC2)cc(OC)c1OC.N#CC1(Cc2ccc(F)cc2)CCN(C(=O)COc2ccc(Cl)cc2C=O)CC1. The van der Waals surface area contributed by atoms with Gasteiger partial charge in [0.15, 0.2) is 31.0 Å². The van der Waals surface area contributed by atoms with Gasteiger partial charge in [-0.05, 0) is 92.1 Å². The molecule has 0 spiro atoms. The fraction of sp³-hybridized carbons (Fsp3) is 0.370. The average molecular weight is 857 g/mol. The summed E-state index contributed by atoms with van der Waals surface area (Å²) in [6.07, 6.45) is 3.86. The number of aldehydes is 1. The van der Waals surface area contributed by atoms with Crippen LogP contribution in [0.5, 0.6) is 28.7 Å². The normalized spacial score (nSPS) is 15.1. The van der Waals surface area contributed by atoms with Gasteiger partial charge in [0.25, 0.3) is 11.8 Å². The molecule has 2 saturated heterocycles. The van der Waals surface area contributed by atoms with Gasteiger partial charge in [0.1, 0.15) is 23.1 Å². The fourth-order valence-corrected chi connectivity index (χ4v) is 7.54. The summed E-state index contributed by atoms with van der Waals surface area (Å²) in [6, 6.07) is 25.1. The predicted octanol–water partition coefficient (Wildman–Crippen LogP) is 7.65. The molecule has 0 radical (unpaired) electrons. The Morgan fingerprint density at radius 2 is 1.11 bits per heavy atom. The van der Waals surface area contributed by atoms with E-state index in [-0.39, 0.29) is 42.2 Å². The van der Waals surface area contributed by atoms with Crippen molar-refractivity contribution < 1.29 is 46.8 Å². The van der Waals surface area contributed by atoms with Crippen LogP contribution < -0.4 is 23.7 Å². The highest BCUT2D eigenvalue weighted by molar-refractivity contribution is 6.30. The van der Waals surface area contributed by atoms with Gasteiger partial charge in [0.05, 0.1) is 49.9 Å². The lowest BCUT2D eigenvalue weighted by Crippen LogP contribution is -2.45. The molecule has 4 aromatic carbocycles. The Morgan fingerprint density at radius 1 is 0.672 bits per heavy atom. The molecule has 0 aliphatic carbocycles. The summed E-state index contributed by atoms with van der Waals surface area (Å²) in [5, 5.41) is 19.9. The molecule has 4 aromatic rings. The summed E-state index contributed by atoms with van der Waals surface area (Å²) in [4.78, 5) is 39.7. The second kappa shape index (κ2) is 21.2. The molecule has 2 amide bonds. The summed E-state index contributed by atoms with van der Waals surface area (Å²) >= 11 is 5.85. The number of nitriles is 2. The van der Waals surface area contributed by atoms with E-state index in [2.05, 4.69) is 12.1 Å². The van der Waals surface area contributed by atoms with Crippen LogP contribution in [0.1, 0.15) is 47.2 Å². The zero-order valence-corrected chi connectivity index (χ0v) is 35.0. The van der Waals surface area contributed by atoms with E-state index < -0.39 is 10.8 Å². The van der Waals surface area contributed by atoms with E-state index in [1.165, 1.54) is 51.7 Å². The van der Waals surface area contributed by atoms with Crippen LogP contribution in [0.3, 0.4) is 0 Å². The summed E-state index contributed by atoms with van der Waals surface area (Å²) in [5.74, 6) is 1.07. The molecule has 0 atom stereocenters. The molecule has 2 heterocycles. The highest BCUT2D eigenvalue weighted by Crippen LogP contribution is 2.41. The number of methoxy groups -OCH3 is 3. The van der Waals surface area contributed by atoms with Gasteiger partial charge in [-0.1, -0.05) is 35.9 Å². The zero-order valence-electron chi connectivity index (χ0n) is 34.3. The molecule has 12 nitrogen and oxygen atoms in total. The Balaban J connectivity index is 0.000000232. The van der Waals surface area contributed by atoms with Gasteiger partial charge in [0, 0.05) is 43.3 Å². The minimum Gasteiger partial charge on any atom is -0.493 e.